The van der Waals surface area contributed by atoms with Crippen LogP contribution in [0.15, 0.2) is 24.3 Å². The summed E-state index contributed by atoms with van der Waals surface area (Å²) in [5.74, 6) is 7.41. The lowest BCUT2D eigenvalue weighted by Gasteiger charge is -2.04. The van der Waals surface area contributed by atoms with Gasteiger partial charge in [0.1, 0.15) is 16.9 Å². The minimum Gasteiger partial charge on any atom is -0.382 e. The first-order valence-electron chi connectivity index (χ1n) is 6.03. The molecule has 0 bridgehead atoms. The summed E-state index contributed by atoms with van der Waals surface area (Å²) in [5, 5.41) is 0.985. The molecule has 0 aliphatic rings. The van der Waals surface area contributed by atoms with E-state index in [9.17, 15) is 0 Å². The molecule has 18 heavy (non-hydrogen) atoms. The normalized spacial score (nSPS) is 11.4. The van der Waals surface area contributed by atoms with Crippen LogP contribution in [-0.2, 0) is 6.42 Å². The molecular weight excluding hydrogens is 226 g/mol. The van der Waals surface area contributed by atoms with Crippen molar-refractivity contribution in [3.8, 4) is 0 Å². The largest absolute Gasteiger partial charge is 0.382 e. The lowest BCUT2D eigenvalue weighted by atomic mass is 10.2. The van der Waals surface area contributed by atoms with E-state index in [2.05, 4.69) is 16.9 Å². The number of hydrogen-bond donors (Lipinski definition) is 2. The fraction of sp³-hybridized carbons (Fsp3) is 0.231. The van der Waals surface area contributed by atoms with Crippen molar-refractivity contribution in [2.45, 2.75) is 19.8 Å². The number of para-hydroxylation sites is 1. The maximum Gasteiger partial charge on any atom is 0.152 e. The third-order valence-corrected chi connectivity index (χ3v) is 3.10. The number of nitrogens with two attached hydrogens (primary N) is 2. The van der Waals surface area contributed by atoms with Crippen molar-refractivity contribution in [2.24, 2.45) is 0 Å². The van der Waals surface area contributed by atoms with Crippen molar-refractivity contribution in [1.82, 2.24) is 14.6 Å². The number of imidazole rings is 1. The first kappa shape index (κ1) is 10.8. The summed E-state index contributed by atoms with van der Waals surface area (Å²) in [4.78, 5) is 8.87. The van der Waals surface area contributed by atoms with Gasteiger partial charge in [-0.05, 0) is 12.5 Å². The zero-order valence-electron chi connectivity index (χ0n) is 10.2. The monoisotopic (exact) mass is 241 g/mol. The fourth-order valence-corrected chi connectivity index (χ4v) is 2.27. The van der Waals surface area contributed by atoms with Gasteiger partial charge in [0.05, 0.1) is 5.52 Å². The van der Waals surface area contributed by atoms with E-state index in [-0.39, 0.29) is 0 Å². The van der Waals surface area contributed by atoms with Crippen LogP contribution in [0.3, 0.4) is 0 Å². The Morgan fingerprint density at radius 3 is 2.78 bits per heavy atom. The minimum absolute atomic E-state index is 0.435. The molecule has 0 unspecified atom stereocenters. The summed E-state index contributed by atoms with van der Waals surface area (Å²) in [6, 6.07) is 7.82. The van der Waals surface area contributed by atoms with Gasteiger partial charge in [0.15, 0.2) is 5.82 Å². The van der Waals surface area contributed by atoms with Gasteiger partial charge in [-0.25, -0.2) is 14.6 Å². The average Bonchev–Trinajstić information content (AvgIpc) is 2.69. The number of rotatable bonds is 2. The third kappa shape index (κ3) is 1.40. The number of nitrogens with zero attached hydrogens (tertiary/aromatic N) is 3. The van der Waals surface area contributed by atoms with E-state index >= 15 is 0 Å². The van der Waals surface area contributed by atoms with Crippen LogP contribution in [0.4, 0.5) is 5.82 Å². The molecule has 0 aliphatic carbocycles. The van der Waals surface area contributed by atoms with Crippen molar-refractivity contribution >= 4 is 27.8 Å². The SMILES string of the molecule is CCCc1nc2c(N)nc3ccccc3c2n1N. The molecule has 4 N–H and O–H groups in total. The number of hydrogen-bond acceptors (Lipinski definition) is 4. The molecule has 2 aromatic heterocycles. The van der Waals surface area contributed by atoms with E-state index in [0.29, 0.717) is 11.3 Å². The molecule has 0 radical (unpaired) electrons. The molecule has 0 saturated carbocycles. The highest BCUT2D eigenvalue weighted by Gasteiger charge is 2.14. The van der Waals surface area contributed by atoms with Gasteiger partial charge in [-0.15, -0.1) is 0 Å². The number of pyridine rings is 1. The molecule has 0 amide bonds. The van der Waals surface area contributed by atoms with E-state index in [1.807, 2.05) is 24.3 Å². The highest BCUT2D eigenvalue weighted by molar-refractivity contribution is 6.06. The van der Waals surface area contributed by atoms with E-state index in [0.717, 1.165) is 35.1 Å². The Hall–Kier alpha value is -2.30. The molecule has 1 aromatic carbocycles. The van der Waals surface area contributed by atoms with Gasteiger partial charge >= 0.3 is 0 Å². The van der Waals surface area contributed by atoms with Crippen LogP contribution in [0.1, 0.15) is 19.2 Å². The second-order valence-electron chi connectivity index (χ2n) is 4.36. The zero-order chi connectivity index (χ0) is 12.7. The molecule has 0 atom stereocenters. The molecule has 92 valence electrons. The third-order valence-electron chi connectivity index (χ3n) is 3.10. The predicted octanol–water partition coefficient (Wildman–Crippen LogP) is 1.83. The molecule has 0 saturated heterocycles. The summed E-state index contributed by atoms with van der Waals surface area (Å²) in [7, 11) is 0. The Bertz CT molecular complexity index is 729. The number of benzene rings is 1. The van der Waals surface area contributed by atoms with Gasteiger partial charge < -0.3 is 11.6 Å². The maximum absolute atomic E-state index is 6.13. The fourth-order valence-electron chi connectivity index (χ4n) is 2.27. The van der Waals surface area contributed by atoms with E-state index in [1.54, 1.807) is 4.68 Å². The Kier molecular flexibility index (Phi) is 2.33. The number of aromatic nitrogens is 3. The number of aryl methyl sites for hydroxylation is 1. The Labute approximate surface area is 104 Å². The minimum atomic E-state index is 0.435. The Morgan fingerprint density at radius 2 is 2.00 bits per heavy atom. The molecule has 3 aromatic rings. The van der Waals surface area contributed by atoms with Gasteiger partial charge in [-0.3, -0.25) is 0 Å². The molecule has 2 heterocycles. The summed E-state index contributed by atoms with van der Waals surface area (Å²) in [5.41, 5.74) is 8.36. The molecule has 5 heteroatoms. The van der Waals surface area contributed by atoms with Gasteiger partial charge in [0, 0.05) is 11.8 Å². The van der Waals surface area contributed by atoms with Crippen molar-refractivity contribution in [1.29, 1.82) is 0 Å². The Morgan fingerprint density at radius 1 is 1.22 bits per heavy atom. The Balaban J connectivity index is 2.47. The molecule has 3 rings (SSSR count). The van der Waals surface area contributed by atoms with Crippen LogP contribution < -0.4 is 11.6 Å². The zero-order valence-corrected chi connectivity index (χ0v) is 10.2. The lowest BCUT2D eigenvalue weighted by molar-refractivity contribution is 0.802. The van der Waals surface area contributed by atoms with Crippen LogP contribution in [0.2, 0.25) is 0 Å². The van der Waals surface area contributed by atoms with Crippen molar-refractivity contribution < 1.29 is 0 Å². The second kappa shape index (κ2) is 3.87. The molecule has 5 nitrogen and oxygen atoms in total. The quantitative estimate of drug-likeness (QED) is 0.670. The molecule has 0 aliphatic heterocycles. The summed E-state index contributed by atoms with van der Waals surface area (Å²) < 4.78 is 1.64. The van der Waals surface area contributed by atoms with E-state index in [1.165, 1.54) is 0 Å². The smallest absolute Gasteiger partial charge is 0.152 e. The van der Waals surface area contributed by atoms with Crippen LogP contribution >= 0.6 is 0 Å². The van der Waals surface area contributed by atoms with Crippen molar-refractivity contribution in [3.63, 3.8) is 0 Å². The van der Waals surface area contributed by atoms with Crippen LogP contribution in [0, 0.1) is 0 Å². The highest BCUT2D eigenvalue weighted by atomic mass is 15.3. The predicted molar refractivity (Wildman–Crippen MR) is 73.6 cm³/mol. The lowest BCUT2D eigenvalue weighted by Crippen LogP contribution is -2.12. The van der Waals surface area contributed by atoms with Crippen molar-refractivity contribution in [3.05, 3.63) is 30.1 Å². The highest BCUT2D eigenvalue weighted by Crippen LogP contribution is 2.27. The molecule has 0 fully saturated rings. The first-order valence-corrected chi connectivity index (χ1v) is 6.03. The molecule has 0 spiro atoms. The van der Waals surface area contributed by atoms with Crippen molar-refractivity contribution in [2.75, 3.05) is 11.6 Å². The standard InChI is InChI=1S/C13H15N5/c1-2-5-10-17-11-12(18(10)15)8-6-3-4-7-9(8)16-13(11)14/h3-4,6-7H,2,5,15H2,1H3,(H2,14,16). The topological polar surface area (TPSA) is 82.8 Å². The van der Waals surface area contributed by atoms with Gasteiger partial charge in [-0.2, -0.15) is 0 Å². The summed E-state index contributed by atoms with van der Waals surface area (Å²) in [6.45, 7) is 2.10. The average molecular weight is 241 g/mol. The van der Waals surface area contributed by atoms with Gasteiger partial charge in [0.2, 0.25) is 0 Å². The molecular formula is C13H15N5. The number of nitrogen functional groups attached to an aromatic ring is 2. The number of anilines is 1. The van der Waals surface area contributed by atoms with E-state index < -0.39 is 0 Å². The maximum atomic E-state index is 6.13. The second-order valence-corrected chi connectivity index (χ2v) is 4.36. The van der Waals surface area contributed by atoms with Crippen LogP contribution in [0.5, 0.6) is 0 Å². The van der Waals surface area contributed by atoms with Gasteiger partial charge in [-0.1, -0.05) is 25.1 Å². The summed E-state index contributed by atoms with van der Waals surface area (Å²) >= 11 is 0. The van der Waals surface area contributed by atoms with Gasteiger partial charge in [0.25, 0.3) is 0 Å². The number of fused-ring (bicyclic) bond motifs is 3. The first-order chi connectivity index (χ1) is 8.72. The van der Waals surface area contributed by atoms with E-state index in [4.69, 9.17) is 11.6 Å². The summed E-state index contributed by atoms with van der Waals surface area (Å²) in [6.07, 6.45) is 1.82. The van der Waals surface area contributed by atoms with Crippen LogP contribution in [0.25, 0.3) is 21.9 Å². The van der Waals surface area contributed by atoms with Crippen LogP contribution in [-0.4, -0.2) is 14.6 Å².